The largest absolute Gasteiger partial charge is 0.455 e. The van der Waals surface area contributed by atoms with E-state index < -0.39 is 5.41 Å². The van der Waals surface area contributed by atoms with Crippen molar-refractivity contribution in [2.24, 2.45) is 0 Å². The van der Waals surface area contributed by atoms with Crippen LogP contribution in [0.4, 0.5) is 0 Å². The Balaban J connectivity index is 0.954. The average molecular weight is 791 g/mol. The molecule has 0 atom stereocenters. The summed E-state index contributed by atoms with van der Waals surface area (Å²) in [5, 5.41) is 2.25. The Kier molecular flexibility index (Phi) is 8.39. The second kappa shape index (κ2) is 14.5. The van der Waals surface area contributed by atoms with E-state index in [4.69, 9.17) is 14.4 Å². The van der Waals surface area contributed by atoms with Gasteiger partial charge in [0.1, 0.15) is 11.2 Å². The second-order valence-electron chi connectivity index (χ2n) is 16.1. The van der Waals surface area contributed by atoms with E-state index in [2.05, 4.69) is 200 Å². The maximum absolute atomic E-state index is 6.39. The number of nitrogens with zero attached hydrogens (tertiary/aromatic N) is 2. The van der Waals surface area contributed by atoms with E-state index in [1.807, 2.05) is 30.3 Å². The van der Waals surface area contributed by atoms with Gasteiger partial charge in [0.25, 0.3) is 0 Å². The highest BCUT2D eigenvalue weighted by molar-refractivity contribution is 6.09. The zero-order valence-electron chi connectivity index (χ0n) is 33.7. The summed E-state index contributed by atoms with van der Waals surface area (Å²) in [6.45, 7) is 0. The molecule has 0 bridgehead atoms. The summed E-state index contributed by atoms with van der Waals surface area (Å²) in [5.41, 5.74) is 18.2. The number of fused-ring (bicyclic) bond motifs is 6. The van der Waals surface area contributed by atoms with Gasteiger partial charge in [-0.1, -0.05) is 206 Å². The Morgan fingerprint density at radius 1 is 0.323 bits per heavy atom. The number of rotatable bonds is 7. The molecule has 11 aromatic rings. The molecule has 9 aromatic carbocycles. The first kappa shape index (κ1) is 35.8. The smallest absolute Gasteiger partial charge is 0.160 e. The van der Waals surface area contributed by atoms with Crippen molar-refractivity contribution in [1.29, 1.82) is 0 Å². The van der Waals surface area contributed by atoms with Crippen LogP contribution in [0.15, 0.2) is 235 Å². The summed E-state index contributed by atoms with van der Waals surface area (Å²) in [6.07, 6.45) is 0. The molecule has 1 aliphatic rings. The summed E-state index contributed by atoms with van der Waals surface area (Å²) in [4.78, 5) is 10.4. The first-order chi connectivity index (χ1) is 30.7. The zero-order chi connectivity index (χ0) is 41.0. The van der Waals surface area contributed by atoms with Crippen LogP contribution in [0.25, 0.3) is 89.2 Å². The first-order valence-electron chi connectivity index (χ1n) is 21.1. The first-order valence-corrected chi connectivity index (χ1v) is 21.1. The normalized spacial score (nSPS) is 12.6. The number of benzene rings is 9. The van der Waals surface area contributed by atoms with Gasteiger partial charge in [-0.3, -0.25) is 0 Å². The standard InChI is InChI=1S/C59H38N2O/c1-4-16-41(17-5-1)58-60-54(40-32-30-39(31-33-40)47-26-15-27-50-49-25-11-13-29-56(49)62-57(47)50)38-55(61-58)44-19-14-18-42(36-44)43-34-35-53-51(37-43)48-24-10-12-28-52(48)59(53,45-20-6-2-7-21-45)46-22-8-3-9-23-46/h1-38H. The maximum atomic E-state index is 6.39. The Labute approximate surface area is 360 Å². The van der Waals surface area contributed by atoms with Gasteiger partial charge in [-0.05, 0) is 74.3 Å². The molecule has 290 valence electrons. The summed E-state index contributed by atoms with van der Waals surface area (Å²) in [5.74, 6) is 0.687. The second-order valence-corrected chi connectivity index (χ2v) is 16.1. The molecule has 0 N–H and O–H groups in total. The molecule has 0 fully saturated rings. The van der Waals surface area contributed by atoms with E-state index in [1.54, 1.807) is 0 Å². The predicted molar refractivity (Wildman–Crippen MR) is 254 cm³/mol. The number of para-hydroxylation sites is 2. The van der Waals surface area contributed by atoms with Gasteiger partial charge in [0.2, 0.25) is 0 Å². The van der Waals surface area contributed by atoms with Crippen molar-refractivity contribution < 1.29 is 4.42 Å². The lowest BCUT2D eigenvalue weighted by atomic mass is 9.67. The lowest BCUT2D eigenvalue weighted by Gasteiger charge is -2.33. The Bertz CT molecular complexity index is 3400. The van der Waals surface area contributed by atoms with E-state index in [9.17, 15) is 0 Å². The van der Waals surface area contributed by atoms with Crippen LogP contribution < -0.4 is 0 Å². The monoisotopic (exact) mass is 790 g/mol. The molecule has 0 amide bonds. The molecular formula is C59H38N2O. The number of aromatic nitrogens is 2. The van der Waals surface area contributed by atoms with Gasteiger partial charge in [-0.25, -0.2) is 9.97 Å². The van der Waals surface area contributed by atoms with Gasteiger partial charge in [0.05, 0.1) is 16.8 Å². The Morgan fingerprint density at radius 2 is 0.855 bits per heavy atom. The van der Waals surface area contributed by atoms with Crippen molar-refractivity contribution in [2.75, 3.05) is 0 Å². The van der Waals surface area contributed by atoms with E-state index in [0.717, 1.165) is 72.3 Å². The molecule has 2 heterocycles. The summed E-state index contributed by atoms with van der Waals surface area (Å²) >= 11 is 0. The van der Waals surface area contributed by atoms with Crippen molar-refractivity contribution in [3.63, 3.8) is 0 Å². The fraction of sp³-hybridized carbons (Fsp3) is 0.0169. The Morgan fingerprint density at radius 3 is 1.63 bits per heavy atom. The average Bonchev–Trinajstić information content (AvgIpc) is 3.89. The summed E-state index contributed by atoms with van der Waals surface area (Å²) in [7, 11) is 0. The molecule has 3 nitrogen and oxygen atoms in total. The van der Waals surface area contributed by atoms with Crippen molar-refractivity contribution >= 4 is 21.9 Å². The van der Waals surface area contributed by atoms with Crippen molar-refractivity contribution in [2.45, 2.75) is 5.41 Å². The van der Waals surface area contributed by atoms with Crippen LogP contribution in [0.2, 0.25) is 0 Å². The molecule has 0 saturated carbocycles. The minimum absolute atomic E-state index is 0.432. The quantitative estimate of drug-likeness (QED) is 0.161. The van der Waals surface area contributed by atoms with E-state index >= 15 is 0 Å². The molecule has 1 aliphatic carbocycles. The van der Waals surface area contributed by atoms with Crippen molar-refractivity contribution in [1.82, 2.24) is 9.97 Å². The molecule has 0 saturated heterocycles. The molecule has 3 heteroatoms. The van der Waals surface area contributed by atoms with Gasteiger partial charge >= 0.3 is 0 Å². The van der Waals surface area contributed by atoms with Crippen LogP contribution in [-0.4, -0.2) is 9.97 Å². The summed E-state index contributed by atoms with van der Waals surface area (Å²) < 4.78 is 6.39. The highest BCUT2D eigenvalue weighted by Gasteiger charge is 2.45. The van der Waals surface area contributed by atoms with Crippen LogP contribution in [0, 0.1) is 0 Å². The molecule has 0 aliphatic heterocycles. The fourth-order valence-electron chi connectivity index (χ4n) is 9.74. The maximum Gasteiger partial charge on any atom is 0.160 e. The van der Waals surface area contributed by atoms with Gasteiger partial charge in [-0.2, -0.15) is 0 Å². The molecule has 0 spiro atoms. The van der Waals surface area contributed by atoms with Crippen LogP contribution in [0.3, 0.4) is 0 Å². The SMILES string of the molecule is c1ccc(-c2nc(-c3ccc(-c4cccc5c4oc4ccccc45)cc3)cc(-c3cccc(-c4ccc5c(c4)-c4ccccc4C5(c4ccccc4)c4ccccc4)c3)n2)cc1. The molecule has 0 radical (unpaired) electrons. The zero-order valence-corrected chi connectivity index (χ0v) is 33.7. The van der Waals surface area contributed by atoms with Crippen molar-refractivity contribution in [3.8, 4) is 67.3 Å². The number of hydrogen-bond acceptors (Lipinski definition) is 3. The Hall–Kier alpha value is -8.14. The number of hydrogen-bond donors (Lipinski definition) is 0. The van der Waals surface area contributed by atoms with E-state index in [0.29, 0.717) is 5.82 Å². The van der Waals surface area contributed by atoms with Crippen LogP contribution in [0.1, 0.15) is 22.3 Å². The van der Waals surface area contributed by atoms with Gasteiger partial charge in [-0.15, -0.1) is 0 Å². The third kappa shape index (κ3) is 5.74. The van der Waals surface area contributed by atoms with Gasteiger partial charge in [0.15, 0.2) is 5.82 Å². The molecule has 0 unspecified atom stereocenters. The van der Waals surface area contributed by atoms with Gasteiger partial charge in [0, 0.05) is 33.0 Å². The third-order valence-corrected chi connectivity index (χ3v) is 12.6. The molecule has 2 aromatic heterocycles. The molecular weight excluding hydrogens is 753 g/mol. The molecule has 62 heavy (non-hydrogen) atoms. The van der Waals surface area contributed by atoms with Crippen LogP contribution in [0.5, 0.6) is 0 Å². The predicted octanol–water partition coefficient (Wildman–Crippen LogP) is 15.1. The third-order valence-electron chi connectivity index (χ3n) is 12.6. The van der Waals surface area contributed by atoms with Gasteiger partial charge < -0.3 is 4.42 Å². The van der Waals surface area contributed by atoms with Crippen molar-refractivity contribution in [3.05, 3.63) is 253 Å². The van der Waals surface area contributed by atoms with Crippen LogP contribution >= 0.6 is 0 Å². The lowest BCUT2D eigenvalue weighted by Crippen LogP contribution is -2.28. The minimum Gasteiger partial charge on any atom is -0.455 e. The summed E-state index contributed by atoms with van der Waals surface area (Å²) in [6, 6.07) is 82.2. The minimum atomic E-state index is -0.432. The van der Waals surface area contributed by atoms with E-state index in [-0.39, 0.29) is 0 Å². The highest BCUT2D eigenvalue weighted by atomic mass is 16.3. The molecule has 12 rings (SSSR count). The topological polar surface area (TPSA) is 38.9 Å². The highest BCUT2D eigenvalue weighted by Crippen LogP contribution is 2.56. The fourth-order valence-corrected chi connectivity index (χ4v) is 9.74. The number of furan rings is 1. The lowest BCUT2D eigenvalue weighted by molar-refractivity contribution is 0.670. The van der Waals surface area contributed by atoms with E-state index in [1.165, 1.54) is 33.4 Å². The van der Waals surface area contributed by atoms with Crippen LogP contribution in [-0.2, 0) is 5.41 Å².